The van der Waals surface area contributed by atoms with Gasteiger partial charge in [0.25, 0.3) is 0 Å². The van der Waals surface area contributed by atoms with Crippen molar-refractivity contribution in [2.45, 2.75) is 32.4 Å². The first kappa shape index (κ1) is 15.3. The number of hydrogen-bond acceptors (Lipinski definition) is 6. The summed E-state index contributed by atoms with van der Waals surface area (Å²) in [7, 11) is 2.44. The van der Waals surface area contributed by atoms with Crippen molar-refractivity contribution < 1.29 is 28.6 Å². The van der Waals surface area contributed by atoms with Crippen LogP contribution in [0.5, 0.6) is 0 Å². The van der Waals surface area contributed by atoms with Crippen molar-refractivity contribution in [3.05, 3.63) is 0 Å². The minimum absolute atomic E-state index is 0.559. The van der Waals surface area contributed by atoms with Gasteiger partial charge in [-0.3, -0.25) is 9.59 Å². The van der Waals surface area contributed by atoms with E-state index in [0.29, 0.717) is 0 Å². The van der Waals surface area contributed by atoms with E-state index in [1.807, 2.05) is 0 Å². The monoisotopic (exact) mass is 273 g/mol. The van der Waals surface area contributed by atoms with Crippen LogP contribution in [-0.2, 0) is 23.8 Å². The Morgan fingerprint density at radius 1 is 0.947 bits per heavy atom. The Balaban J connectivity index is 2.64. The van der Waals surface area contributed by atoms with Crippen molar-refractivity contribution in [1.29, 1.82) is 0 Å². The maximum Gasteiger partial charge on any atom is 0.407 e. The van der Waals surface area contributed by atoms with E-state index in [0.717, 1.165) is 0 Å². The first-order valence-electron chi connectivity index (χ1n) is 5.86. The molecule has 0 bridgehead atoms. The number of ether oxygens (including phenoxy) is 3. The maximum atomic E-state index is 11.6. The van der Waals surface area contributed by atoms with Crippen LogP contribution in [0.3, 0.4) is 0 Å². The van der Waals surface area contributed by atoms with E-state index in [1.165, 1.54) is 14.2 Å². The number of rotatable bonds is 3. The van der Waals surface area contributed by atoms with Crippen molar-refractivity contribution in [3.8, 4) is 0 Å². The van der Waals surface area contributed by atoms with E-state index in [1.54, 1.807) is 20.8 Å². The molecule has 108 valence electrons. The smallest absolute Gasteiger partial charge is 0.407 e. The molecule has 0 aromatic heterocycles. The zero-order valence-corrected chi connectivity index (χ0v) is 11.7. The molecule has 0 unspecified atom stereocenters. The molecule has 1 aliphatic rings. The van der Waals surface area contributed by atoms with Crippen LogP contribution in [0, 0.1) is 11.8 Å². The molecule has 1 N–H and O–H groups in total. The Morgan fingerprint density at radius 2 is 1.37 bits per heavy atom. The Labute approximate surface area is 111 Å². The van der Waals surface area contributed by atoms with Crippen LogP contribution < -0.4 is 5.32 Å². The van der Waals surface area contributed by atoms with Gasteiger partial charge in [0.2, 0.25) is 0 Å². The van der Waals surface area contributed by atoms with Crippen molar-refractivity contribution in [2.75, 3.05) is 14.2 Å². The minimum Gasteiger partial charge on any atom is -0.469 e. The lowest BCUT2D eigenvalue weighted by Gasteiger charge is -2.19. The maximum absolute atomic E-state index is 11.6. The molecule has 0 aromatic rings. The van der Waals surface area contributed by atoms with Gasteiger partial charge in [-0.05, 0) is 20.8 Å². The highest BCUT2D eigenvalue weighted by Gasteiger charge is 2.62. The Bertz CT molecular complexity index is 364. The van der Waals surface area contributed by atoms with Crippen LogP contribution in [0.25, 0.3) is 0 Å². The summed E-state index contributed by atoms with van der Waals surface area (Å²) in [6, 6.07) is -0.644. The highest BCUT2D eigenvalue weighted by atomic mass is 16.6. The molecule has 1 saturated carbocycles. The van der Waals surface area contributed by atoms with Gasteiger partial charge in [-0.2, -0.15) is 0 Å². The fourth-order valence-electron chi connectivity index (χ4n) is 1.79. The van der Waals surface area contributed by atoms with Gasteiger partial charge in [0.1, 0.15) is 5.60 Å². The molecule has 7 nitrogen and oxygen atoms in total. The number of methoxy groups -OCH3 is 2. The van der Waals surface area contributed by atoms with Crippen LogP contribution in [0.2, 0.25) is 0 Å². The molecule has 0 saturated heterocycles. The second kappa shape index (κ2) is 5.46. The topological polar surface area (TPSA) is 90.9 Å². The number of amides is 1. The molecule has 19 heavy (non-hydrogen) atoms. The summed E-state index contributed by atoms with van der Waals surface area (Å²) >= 11 is 0. The van der Waals surface area contributed by atoms with Crippen molar-refractivity contribution >= 4 is 18.0 Å². The minimum atomic E-state index is -0.718. The average molecular weight is 273 g/mol. The summed E-state index contributed by atoms with van der Waals surface area (Å²) in [6.45, 7) is 5.15. The fraction of sp³-hybridized carbons (Fsp3) is 0.750. The largest absolute Gasteiger partial charge is 0.469 e. The van der Waals surface area contributed by atoms with E-state index in [9.17, 15) is 14.4 Å². The first-order chi connectivity index (χ1) is 8.71. The molecule has 0 aromatic carbocycles. The van der Waals surface area contributed by atoms with E-state index in [-0.39, 0.29) is 0 Å². The number of alkyl carbamates (subject to hydrolysis) is 1. The zero-order valence-electron chi connectivity index (χ0n) is 11.7. The van der Waals surface area contributed by atoms with E-state index in [4.69, 9.17) is 4.74 Å². The molecule has 0 radical (unpaired) electrons. The Hall–Kier alpha value is -1.79. The highest BCUT2D eigenvalue weighted by Crippen LogP contribution is 2.41. The van der Waals surface area contributed by atoms with E-state index in [2.05, 4.69) is 14.8 Å². The molecule has 2 atom stereocenters. The predicted octanol–water partition coefficient (Wildman–Crippen LogP) is 0.472. The van der Waals surface area contributed by atoms with Crippen LogP contribution in [0.15, 0.2) is 0 Å². The standard InChI is InChI=1S/C12H19NO6/c1-12(2,3)19-11(16)13-8-6(9(14)17-4)7(8)10(15)18-5/h6-8H,1-5H3,(H,13,16)/t6-,7-/m0/s1. The quantitative estimate of drug-likeness (QED) is 0.594. The van der Waals surface area contributed by atoms with Gasteiger partial charge in [-0.15, -0.1) is 0 Å². The number of esters is 2. The fourth-order valence-corrected chi connectivity index (χ4v) is 1.79. The van der Waals surface area contributed by atoms with Crippen LogP contribution in [0.4, 0.5) is 4.79 Å². The van der Waals surface area contributed by atoms with Gasteiger partial charge >= 0.3 is 18.0 Å². The summed E-state index contributed by atoms with van der Waals surface area (Å²) in [5.41, 5.74) is -0.652. The van der Waals surface area contributed by atoms with Gasteiger partial charge in [-0.1, -0.05) is 0 Å². The lowest BCUT2D eigenvalue weighted by molar-refractivity contribution is -0.148. The van der Waals surface area contributed by atoms with E-state index < -0.39 is 41.5 Å². The van der Waals surface area contributed by atoms with Crippen LogP contribution in [-0.4, -0.2) is 43.9 Å². The second-order valence-corrected chi connectivity index (χ2v) is 5.27. The molecule has 1 rings (SSSR count). The molecular formula is C12H19NO6. The molecule has 0 aliphatic heterocycles. The zero-order chi connectivity index (χ0) is 14.8. The number of hydrogen-bond donors (Lipinski definition) is 1. The van der Waals surface area contributed by atoms with Gasteiger partial charge in [0.15, 0.2) is 0 Å². The predicted molar refractivity (Wildman–Crippen MR) is 64.2 cm³/mol. The molecule has 0 heterocycles. The Morgan fingerprint density at radius 3 is 1.68 bits per heavy atom. The van der Waals surface area contributed by atoms with Gasteiger partial charge in [0.05, 0.1) is 32.1 Å². The number of carbonyl (C=O) groups excluding carboxylic acids is 3. The van der Waals surface area contributed by atoms with Gasteiger partial charge in [0, 0.05) is 0 Å². The van der Waals surface area contributed by atoms with Crippen molar-refractivity contribution in [3.63, 3.8) is 0 Å². The third-order valence-corrected chi connectivity index (χ3v) is 2.65. The lowest BCUT2D eigenvalue weighted by Crippen LogP contribution is -2.35. The number of carbonyl (C=O) groups is 3. The average Bonchev–Trinajstić information content (AvgIpc) is 2.98. The Kier molecular flexibility index (Phi) is 4.39. The summed E-state index contributed by atoms with van der Waals surface area (Å²) in [5.74, 6) is -2.55. The van der Waals surface area contributed by atoms with Gasteiger partial charge in [-0.25, -0.2) is 4.79 Å². The normalized spacial score (nSPS) is 25.2. The van der Waals surface area contributed by atoms with Gasteiger partial charge < -0.3 is 19.5 Å². The molecule has 1 amide bonds. The SMILES string of the molecule is COC(=O)[C@@H]1C(NC(=O)OC(C)(C)C)[C@H]1C(=O)OC. The second-order valence-electron chi connectivity index (χ2n) is 5.27. The third kappa shape index (κ3) is 3.84. The molecule has 1 fully saturated rings. The highest BCUT2D eigenvalue weighted by molar-refractivity contribution is 5.90. The third-order valence-electron chi connectivity index (χ3n) is 2.65. The lowest BCUT2D eigenvalue weighted by atomic mass is 10.2. The van der Waals surface area contributed by atoms with Crippen LogP contribution >= 0.6 is 0 Å². The molecule has 1 aliphatic carbocycles. The van der Waals surface area contributed by atoms with Crippen LogP contribution in [0.1, 0.15) is 20.8 Å². The molecule has 0 spiro atoms. The molecule has 7 heteroatoms. The summed E-state index contributed by atoms with van der Waals surface area (Å²) in [5, 5.41) is 2.48. The summed E-state index contributed by atoms with van der Waals surface area (Å²) in [6.07, 6.45) is -0.683. The van der Waals surface area contributed by atoms with Crippen molar-refractivity contribution in [1.82, 2.24) is 5.32 Å². The summed E-state index contributed by atoms with van der Waals surface area (Å²) < 4.78 is 14.2. The summed E-state index contributed by atoms with van der Waals surface area (Å²) in [4.78, 5) is 34.5. The van der Waals surface area contributed by atoms with Crippen molar-refractivity contribution in [2.24, 2.45) is 11.8 Å². The first-order valence-corrected chi connectivity index (χ1v) is 5.86. The van der Waals surface area contributed by atoms with E-state index >= 15 is 0 Å². The number of nitrogens with one attached hydrogen (secondary N) is 1. The molecular weight excluding hydrogens is 254 g/mol.